The Kier molecular flexibility index (Phi) is 4.24. The van der Waals surface area contributed by atoms with Crippen molar-refractivity contribution < 1.29 is 4.79 Å². The smallest absolute Gasteiger partial charge is 0.254 e. The molecule has 5 heteroatoms. The van der Waals surface area contributed by atoms with Crippen LogP contribution in [0.25, 0.3) is 0 Å². The van der Waals surface area contributed by atoms with E-state index in [-0.39, 0.29) is 16.1 Å². The number of anilines is 1. The Labute approximate surface area is 131 Å². The maximum Gasteiger partial charge on any atom is 0.254 e. The van der Waals surface area contributed by atoms with Gasteiger partial charge in [-0.15, -0.1) is 0 Å². The van der Waals surface area contributed by atoms with Crippen LogP contribution in [-0.4, -0.2) is 39.4 Å². The molecule has 2 N–H and O–H groups in total. The second-order valence-corrected chi connectivity index (χ2v) is 9.05. The standard InChI is InChI=1S/C16H25N3OS/c1-15(2,3)12-8-11(9-13(17)18-12)14(20)19-6-7-21-16(4,5)10-19/h8-9H,6-7,10H2,1-5H3,(H2,17,18). The molecule has 0 atom stereocenters. The van der Waals surface area contributed by atoms with E-state index in [1.54, 1.807) is 6.07 Å². The molecule has 1 aromatic heterocycles. The van der Waals surface area contributed by atoms with Crippen LogP contribution < -0.4 is 5.73 Å². The van der Waals surface area contributed by atoms with Gasteiger partial charge in [0.1, 0.15) is 5.82 Å². The van der Waals surface area contributed by atoms with Crippen LogP contribution in [0.3, 0.4) is 0 Å². The van der Waals surface area contributed by atoms with E-state index >= 15 is 0 Å². The molecule has 2 heterocycles. The number of carbonyl (C=O) groups excluding carboxylic acids is 1. The summed E-state index contributed by atoms with van der Waals surface area (Å²) in [6.07, 6.45) is 0. The average Bonchev–Trinajstić information content (AvgIpc) is 2.35. The normalized spacial score (nSPS) is 18.6. The molecule has 0 aromatic carbocycles. The van der Waals surface area contributed by atoms with Crippen molar-refractivity contribution in [3.8, 4) is 0 Å². The van der Waals surface area contributed by atoms with Crippen LogP contribution in [0.2, 0.25) is 0 Å². The van der Waals surface area contributed by atoms with Crippen LogP contribution in [0.5, 0.6) is 0 Å². The summed E-state index contributed by atoms with van der Waals surface area (Å²) in [6.45, 7) is 12.1. The topological polar surface area (TPSA) is 59.2 Å². The maximum absolute atomic E-state index is 12.8. The van der Waals surface area contributed by atoms with Gasteiger partial charge in [-0.25, -0.2) is 4.98 Å². The quantitative estimate of drug-likeness (QED) is 0.866. The number of pyridine rings is 1. The van der Waals surface area contributed by atoms with Crippen LogP contribution >= 0.6 is 11.8 Å². The van der Waals surface area contributed by atoms with Crippen LogP contribution in [0.15, 0.2) is 12.1 Å². The molecule has 0 aliphatic carbocycles. The van der Waals surface area contributed by atoms with E-state index in [1.165, 1.54) is 0 Å². The number of carbonyl (C=O) groups is 1. The molecule has 1 saturated heterocycles. The minimum atomic E-state index is -0.124. The molecule has 0 bridgehead atoms. The Bertz CT molecular complexity index is 549. The predicted octanol–water partition coefficient (Wildman–Crippen LogP) is 2.93. The van der Waals surface area contributed by atoms with Gasteiger partial charge in [0.15, 0.2) is 0 Å². The van der Waals surface area contributed by atoms with Crippen molar-refractivity contribution >= 4 is 23.5 Å². The lowest BCUT2D eigenvalue weighted by Gasteiger charge is -2.37. The van der Waals surface area contributed by atoms with Crippen LogP contribution in [0, 0.1) is 0 Å². The van der Waals surface area contributed by atoms with Gasteiger partial charge in [-0.1, -0.05) is 20.8 Å². The summed E-state index contributed by atoms with van der Waals surface area (Å²) >= 11 is 1.92. The Balaban J connectivity index is 2.29. The summed E-state index contributed by atoms with van der Waals surface area (Å²) in [5.74, 6) is 1.45. The van der Waals surface area contributed by atoms with Crippen molar-refractivity contribution in [2.75, 3.05) is 24.6 Å². The van der Waals surface area contributed by atoms with Gasteiger partial charge in [0.2, 0.25) is 0 Å². The second-order valence-electron chi connectivity index (χ2n) is 7.25. The molecule has 0 saturated carbocycles. The number of aromatic nitrogens is 1. The van der Waals surface area contributed by atoms with Gasteiger partial charge < -0.3 is 10.6 Å². The Hall–Kier alpha value is -1.23. The highest BCUT2D eigenvalue weighted by Crippen LogP contribution is 2.30. The zero-order chi connectivity index (χ0) is 15.8. The van der Waals surface area contributed by atoms with Gasteiger partial charge in [-0.05, 0) is 26.0 Å². The molecule has 2 rings (SSSR count). The molecule has 1 aromatic rings. The average molecular weight is 307 g/mol. The summed E-state index contributed by atoms with van der Waals surface area (Å²) in [6, 6.07) is 3.57. The Morgan fingerprint density at radius 1 is 1.38 bits per heavy atom. The number of nitrogen functional groups attached to an aromatic ring is 1. The first-order chi connectivity index (χ1) is 9.58. The van der Waals surface area contributed by atoms with Gasteiger partial charge in [-0.3, -0.25) is 4.79 Å². The summed E-state index contributed by atoms with van der Waals surface area (Å²) in [7, 11) is 0. The van der Waals surface area contributed by atoms with E-state index in [4.69, 9.17) is 5.73 Å². The van der Waals surface area contributed by atoms with E-state index in [0.717, 1.165) is 24.5 Å². The molecule has 1 aliphatic heterocycles. The van der Waals surface area contributed by atoms with E-state index < -0.39 is 0 Å². The molecule has 1 aliphatic rings. The SMILES string of the molecule is CC1(C)CN(C(=O)c2cc(N)nc(C(C)(C)C)c2)CCS1. The van der Waals surface area contributed by atoms with Crippen molar-refractivity contribution in [2.24, 2.45) is 0 Å². The fourth-order valence-corrected chi connectivity index (χ4v) is 3.54. The number of amides is 1. The lowest BCUT2D eigenvalue weighted by atomic mass is 9.90. The van der Waals surface area contributed by atoms with Crippen molar-refractivity contribution in [2.45, 2.75) is 44.8 Å². The first-order valence-electron chi connectivity index (χ1n) is 7.30. The number of nitrogens with zero attached hydrogens (tertiary/aromatic N) is 2. The fourth-order valence-electron chi connectivity index (χ4n) is 2.43. The number of hydrogen-bond acceptors (Lipinski definition) is 4. The first-order valence-corrected chi connectivity index (χ1v) is 8.28. The van der Waals surface area contributed by atoms with Gasteiger partial charge >= 0.3 is 0 Å². The van der Waals surface area contributed by atoms with E-state index in [1.807, 2.05) is 22.7 Å². The van der Waals surface area contributed by atoms with E-state index in [2.05, 4.69) is 39.6 Å². The van der Waals surface area contributed by atoms with Crippen LogP contribution in [-0.2, 0) is 5.41 Å². The Morgan fingerprint density at radius 3 is 2.62 bits per heavy atom. The molecule has 4 nitrogen and oxygen atoms in total. The van der Waals surface area contributed by atoms with E-state index in [9.17, 15) is 4.79 Å². The Morgan fingerprint density at radius 2 is 2.05 bits per heavy atom. The minimum Gasteiger partial charge on any atom is -0.384 e. The third-order valence-corrected chi connectivity index (χ3v) is 4.87. The highest BCUT2D eigenvalue weighted by Gasteiger charge is 2.30. The van der Waals surface area contributed by atoms with Crippen molar-refractivity contribution in [3.05, 3.63) is 23.4 Å². The van der Waals surface area contributed by atoms with Gasteiger partial charge in [-0.2, -0.15) is 11.8 Å². The van der Waals surface area contributed by atoms with E-state index in [0.29, 0.717) is 11.4 Å². The number of nitrogens with two attached hydrogens (primary N) is 1. The molecule has 1 amide bonds. The van der Waals surface area contributed by atoms with Crippen molar-refractivity contribution in [1.29, 1.82) is 0 Å². The lowest BCUT2D eigenvalue weighted by molar-refractivity contribution is 0.0748. The van der Waals surface area contributed by atoms with Gasteiger partial charge in [0, 0.05) is 40.3 Å². The molecule has 0 spiro atoms. The summed E-state index contributed by atoms with van der Waals surface area (Å²) in [4.78, 5) is 19.0. The third kappa shape index (κ3) is 3.90. The van der Waals surface area contributed by atoms with Gasteiger partial charge in [0.25, 0.3) is 5.91 Å². The second kappa shape index (κ2) is 5.52. The van der Waals surface area contributed by atoms with Crippen molar-refractivity contribution in [1.82, 2.24) is 9.88 Å². The fraction of sp³-hybridized carbons (Fsp3) is 0.625. The molecular weight excluding hydrogens is 282 g/mol. The van der Waals surface area contributed by atoms with Crippen LogP contribution in [0.4, 0.5) is 5.82 Å². The number of hydrogen-bond donors (Lipinski definition) is 1. The molecule has 116 valence electrons. The number of rotatable bonds is 1. The largest absolute Gasteiger partial charge is 0.384 e. The summed E-state index contributed by atoms with van der Waals surface area (Å²) in [5.41, 5.74) is 7.27. The predicted molar refractivity (Wildman–Crippen MR) is 89.8 cm³/mol. The third-order valence-electron chi connectivity index (χ3n) is 3.57. The van der Waals surface area contributed by atoms with Crippen LogP contribution in [0.1, 0.15) is 50.7 Å². The van der Waals surface area contributed by atoms with Gasteiger partial charge in [0.05, 0.1) is 0 Å². The minimum absolute atomic E-state index is 0.0583. The van der Waals surface area contributed by atoms with Crippen molar-refractivity contribution in [3.63, 3.8) is 0 Å². The highest BCUT2D eigenvalue weighted by molar-refractivity contribution is 8.00. The lowest BCUT2D eigenvalue weighted by Crippen LogP contribution is -2.46. The molecule has 1 fully saturated rings. The number of thioether (sulfide) groups is 1. The monoisotopic (exact) mass is 307 g/mol. The molecule has 0 unspecified atom stereocenters. The maximum atomic E-state index is 12.8. The summed E-state index contributed by atoms with van der Waals surface area (Å²) < 4.78 is 0.110. The molecule has 21 heavy (non-hydrogen) atoms. The molecular formula is C16H25N3OS. The zero-order valence-corrected chi connectivity index (χ0v) is 14.4. The highest BCUT2D eigenvalue weighted by atomic mass is 32.2. The zero-order valence-electron chi connectivity index (χ0n) is 13.6. The first kappa shape index (κ1) is 16.1. The molecule has 0 radical (unpaired) electrons. The summed E-state index contributed by atoms with van der Waals surface area (Å²) in [5, 5.41) is 0.